The van der Waals surface area contributed by atoms with Crippen LogP contribution in [-0.4, -0.2) is 22.6 Å². The lowest BCUT2D eigenvalue weighted by molar-refractivity contribution is 0.419. The average Bonchev–Trinajstić information content (AvgIpc) is 2.98. The lowest BCUT2D eigenvalue weighted by Gasteiger charge is -2.20. The second-order valence-corrected chi connectivity index (χ2v) is 5.48. The monoisotopic (exact) mass is 249 g/mol. The van der Waals surface area contributed by atoms with E-state index in [0.29, 0.717) is 5.92 Å². The Morgan fingerprint density at radius 3 is 3.00 bits per heavy atom. The third-order valence-corrected chi connectivity index (χ3v) is 4.04. The van der Waals surface area contributed by atoms with Crippen molar-refractivity contribution >= 4 is 0 Å². The van der Waals surface area contributed by atoms with Crippen LogP contribution in [0.5, 0.6) is 0 Å². The van der Waals surface area contributed by atoms with Gasteiger partial charge in [0.2, 0.25) is 0 Å². The van der Waals surface area contributed by atoms with E-state index in [0.717, 1.165) is 25.6 Å². The molecule has 3 heteroatoms. The maximum atomic E-state index is 4.63. The minimum absolute atomic E-state index is 0.677. The highest BCUT2D eigenvalue weighted by Gasteiger charge is 2.30. The van der Waals surface area contributed by atoms with Gasteiger partial charge in [0.1, 0.15) is 5.82 Å². The van der Waals surface area contributed by atoms with Crippen molar-refractivity contribution in [2.45, 2.75) is 58.4 Å². The zero-order chi connectivity index (χ0) is 12.8. The van der Waals surface area contributed by atoms with Crippen molar-refractivity contribution in [3.63, 3.8) is 0 Å². The number of rotatable bonds is 7. The molecule has 1 heterocycles. The Kier molecular flexibility index (Phi) is 5.24. The Hall–Kier alpha value is -0.830. The Bertz CT molecular complexity index is 345. The summed E-state index contributed by atoms with van der Waals surface area (Å²) >= 11 is 0. The van der Waals surface area contributed by atoms with Crippen molar-refractivity contribution in [3.8, 4) is 0 Å². The molecule has 3 nitrogen and oxygen atoms in total. The zero-order valence-electron chi connectivity index (χ0n) is 11.9. The molecule has 0 radical (unpaired) electrons. The molecule has 0 aliphatic heterocycles. The molecule has 0 bridgehead atoms. The third kappa shape index (κ3) is 3.14. The number of hydrogen-bond acceptors (Lipinski definition) is 2. The van der Waals surface area contributed by atoms with Gasteiger partial charge in [-0.2, -0.15) is 0 Å². The first-order valence-corrected chi connectivity index (χ1v) is 7.58. The number of nitrogens with zero attached hydrogens (tertiary/aromatic N) is 2. The van der Waals surface area contributed by atoms with E-state index in [1.165, 1.54) is 37.9 Å². The standard InChI is InChI=1S/C15H27N3/c1-3-8-16-12-13-6-5-7-14(13)15-17-9-11-18(15)10-4-2/h9,11,13-14,16H,3-8,10,12H2,1-2H3. The first-order valence-electron chi connectivity index (χ1n) is 7.58. The van der Waals surface area contributed by atoms with Crippen LogP contribution in [0.15, 0.2) is 12.4 Å². The molecular formula is C15H27N3. The largest absolute Gasteiger partial charge is 0.335 e. The van der Waals surface area contributed by atoms with Crippen molar-refractivity contribution < 1.29 is 0 Å². The van der Waals surface area contributed by atoms with Gasteiger partial charge < -0.3 is 9.88 Å². The van der Waals surface area contributed by atoms with Crippen LogP contribution in [0.25, 0.3) is 0 Å². The van der Waals surface area contributed by atoms with Gasteiger partial charge in [-0.05, 0) is 44.7 Å². The van der Waals surface area contributed by atoms with Crippen molar-refractivity contribution in [2.75, 3.05) is 13.1 Å². The van der Waals surface area contributed by atoms with E-state index >= 15 is 0 Å². The fourth-order valence-corrected chi connectivity index (χ4v) is 3.16. The molecule has 1 N–H and O–H groups in total. The summed E-state index contributed by atoms with van der Waals surface area (Å²) < 4.78 is 2.36. The lowest BCUT2D eigenvalue weighted by Crippen LogP contribution is -2.26. The van der Waals surface area contributed by atoms with E-state index in [-0.39, 0.29) is 0 Å². The van der Waals surface area contributed by atoms with Gasteiger partial charge in [0, 0.05) is 24.9 Å². The number of hydrogen-bond donors (Lipinski definition) is 1. The van der Waals surface area contributed by atoms with Crippen molar-refractivity contribution in [1.82, 2.24) is 14.9 Å². The minimum atomic E-state index is 0.677. The molecular weight excluding hydrogens is 222 g/mol. The highest BCUT2D eigenvalue weighted by molar-refractivity contribution is 5.05. The number of nitrogens with one attached hydrogen (secondary N) is 1. The van der Waals surface area contributed by atoms with Crippen LogP contribution in [0.2, 0.25) is 0 Å². The van der Waals surface area contributed by atoms with E-state index in [1.807, 2.05) is 6.20 Å². The van der Waals surface area contributed by atoms with Gasteiger partial charge >= 0.3 is 0 Å². The number of imidazole rings is 1. The van der Waals surface area contributed by atoms with Gasteiger partial charge in [-0.3, -0.25) is 0 Å². The first-order chi connectivity index (χ1) is 8.86. The van der Waals surface area contributed by atoms with Crippen LogP contribution in [0.3, 0.4) is 0 Å². The predicted octanol–water partition coefficient (Wildman–Crippen LogP) is 3.18. The summed E-state index contributed by atoms with van der Waals surface area (Å²) in [5.41, 5.74) is 0. The maximum absolute atomic E-state index is 4.63. The van der Waals surface area contributed by atoms with Crippen LogP contribution in [0.1, 0.15) is 57.7 Å². The first kappa shape index (κ1) is 13.6. The second-order valence-electron chi connectivity index (χ2n) is 5.48. The van der Waals surface area contributed by atoms with Crippen molar-refractivity contribution in [2.24, 2.45) is 5.92 Å². The van der Waals surface area contributed by atoms with E-state index < -0.39 is 0 Å². The fourth-order valence-electron chi connectivity index (χ4n) is 3.16. The summed E-state index contributed by atoms with van der Waals surface area (Å²) in [6.45, 7) is 7.89. The molecule has 102 valence electrons. The molecule has 0 amide bonds. The summed E-state index contributed by atoms with van der Waals surface area (Å²) in [5.74, 6) is 2.79. The Labute approximate surface area is 111 Å². The third-order valence-electron chi connectivity index (χ3n) is 4.04. The topological polar surface area (TPSA) is 29.9 Å². The number of aromatic nitrogens is 2. The Balaban J connectivity index is 1.99. The molecule has 1 saturated carbocycles. The quantitative estimate of drug-likeness (QED) is 0.752. The summed E-state index contributed by atoms with van der Waals surface area (Å²) in [5, 5.41) is 3.58. The van der Waals surface area contributed by atoms with Gasteiger partial charge in [-0.15, -0.1) is 0 Å². The molecule has 1 aliphatic rings. The molecule has 0 spiro atoms. The fraction of sp³-hybridized carbons (Fsp3) is 0.800. The minimum Gasteiger partial charge on any atom is -0.335 e. The molecule has 0 aromatic carbocycles. The molecule has 1 aromatic rings. The Morgan fingerprint density at radius 1 is 1.33 bits per heavy atom. The van der Waals surface area contributed by atoms with Crippen molar-refractivity contribution in [3.05, 3.63) is 18.2 Å². The smallest absolute Gasteiger partial charge is 0.112 e. The molecule has 1 aliphatic carbocycles. The van der Waals surface area contributed by atoms with Gasteiger partial charge in [0.25, 0.3) is 0 Å². The van der Waals surface area contributed by atoms with E-state index in [1.54, 1.807) is 0 Å². The van der Waals surface area contributed by atoms with Gasteiger partial charge in [0.05, 0.1) is 0 Å². The van der Waals surface area contributed by atoms with Crippen LogP contribution in [0.4, 0.5) is 0 Å². The average molecular weight is 249 g/mol. The van der Waals surface area contributed by atoms with E-state index in [9.17, 15) is 0 Å². The summed E-state index contributed by atoms with van der Waals surface area (Å²) in [6, 6.07) is 0. The van der Waals surface area contributed by atoms with Crippen LogP contribution >= 0.6 is 0 Å². The second kappa shape index (κ2) is 6.93. The zero-order valence-corrected chi connectivity index (χ0v) is 11.9. The highest BCUT2D eigenvalue weighted by Crippen LogP contribution is 2.38. The summed E-state index contributed by atoms with van der Waals surface area (Å²) in [7, 11) is 0. The summed E-state index contributed by atoms with van der Waals surface area (Å²) in [4.78, 5) is 4.63. The van der Waals surface area contributed by atoms with Crippen molar-refractivity contribution in [1.29, 1.82) is 0 Å². The molecule has 0 saturated heterocycles. The summed E-state index contributed by atoms with van der Waals surface area (Å²) in [6.07, 6.45) is 10.6. The molecule has 2 unspecified atom stereocenters. The van der Waals surface area contributed by atoms with Crippen LogP contribution < -0.4 is 5.32 Å². The normalized spacial score (nSPS) is 23.7. The van der Waals surface area contributed by atoms with E-state index in [4.69, 9.17) is 0 Å². The predicted molar refractivity (Wildman–Crippen MR) is 75.8 cm³/mol. The molecule has 1 aromatic heterocycles. The Morgan fingerprint density at radius 2 is 2.22 bits per heavy atom. The van der Waals surface area contributed by atoms with Crippen LogP contribution in [0, 0.1) is 5.92 Å². The van der Waals surface area contributed by atoms with Gasteiger partial charge in [-0.1, -0.05) is 20.3 Å². The number of aryl methyl sites for hydroxylation is 1. The maximum Gasteiger partial charge on any atom is 0.112 e. The SMILES string of the molecule is CCCNCC1CCCC1c1nccn1CCC. The lowest BCUT2D eigenvalue weighted by atomic mass is 9.95. The molecule has 2 rings (SSSR count). The van der Waals surface area contributed by atoms with Gasteiger partial charge in [-0.25, -0.2) is 4.98 Å². The van der Waals surface area contributed by atoms with Crippen LogP contribution in [-0.2, 0) is 6.54 Å². The van der Waals surface area contributed by atoms with E-state index in [2.05, 4.69) is 34.9 Å². The molecule has 1 fully saturated rings. The van der Waals surface area contributed by atoms with Gasteiger partial charge in [0.15, 0.2) is 0 Å². The highest BCUT2D eigenvalue weighted by atomic mass is 15.1. The molecule has 2 atom stereocenters. The molecule has 18 heavy (non-hydrogen) atoms.